The first kappa shape index (κ1) is 20.5. The number of rotatable bonds is 7. The molecular formula is C29H26O2. The van der Waals surface area contributed by atoms with E-state index < -0.39 is 0 Å². The molecule has 0 aliphatic heterocycles. The van der Waals surface area contributed by atoms with Crippen LogP contribution in [0.25, 0.3) is 11.1 Å². The molecule has 0 aromatic heterocycles. The standard InChI is InChI=1S/C29H26O2/c1-2-28(23-12-7-4-8-13-23)29(25-14-9-15-26(30)20-25)24-16-18-27(19-17-24)31-21-22-10-5-3-6-11-22/h3-20,30H,2,21H2,1H3/b29-28+. The second-order valence-electron chi connectivity index (χ2n) is 7.42. The van der Waals surface area contributed by atoms with Crippen LogP contribution in [-0.2, 0) is 6.61 Å². The molecule has 0 spiro atoms. The number of aromatic hydroxyl groups is 1. The Bertz CT molecular complexity index is 1140. The molecule has 0 fully saturated rings. The zero-order valence-corrected chi connectivity index (χ0v) is 17.7. The van der Waals surface area contributed by atoms with Crippen molar-refractivity contribution in [3.63, 3.8) is 0 Å². The molecule has 0 amide bonds. The number of hydrogen-bond donors (Lipinski definition) is 1. The van der Waals surface area contributed by atoms with Gasteiger partial charge in [0.15, 0.2) is 0 Å². The third kappa shape index (κ3) is 5.04. The van der Waals surface area contributed by atoms with Gasteiger partial charge in [-0.2, -0.15) is 0 Å². The fourth-order valence-corrected chi connectivity index (χ4v) is 3.80. The first-order valence-electron chi connectivity index (χ1n) is 10.6. The number of ether oxygens (including phenoxy) is 1. The van der Waals surface area contributed by atoms with Crippen LogP contribution in [0.15, 0.2) is 109 Å². The fourth-order valence-electron chi connectivity index (χ4n) is 3.80. The van der Waals surface area contributed by atoms with E-state index in [4.69, 9.17) is 4.74 Å². The van der Waals surface area contributed by atoms with Gasteiger partial charge in [-0.3, -0.25) is 0 Å². The first-order valence-corrected chi connectivity index (χ1v) is 10.6. The first-order chi connectivity index (χ1) is 15.2. The van der Waals surface area contributed by atoms with E-state index in [1.165, 1.54) is 11.1 Å². The van der Waals surface area contributed by atoms with Crippen molar-refractivity contribution in [1.29, 1.82) is 0 Å². The fraction of sp³-hybridized carbons (Fsp3) is 0.103. The maximum absolute atomic E-state index is 10.1. The van der Waals surface area contributed by atoms with Crippen molar-refractivity contribution in [2.24, 2.45) is 0 Å². The highest BCUT2D eigenvalue weighted by atomic mass is 16.5. The lowest BCUT2D eigenvalue weighted by molar-refractivity contribution is 0.306. The molecule has 4 aromatic rings. The summed E-state index contributed by atoms with van der Waals surface area (Å²) in [6, 6.07) is 36.3. The van der Waals surface area contributed by atoms with Crippen molar-refractivity contribution in [3.05, 3.63) is 131 Å². The quantitative estimate of drug-likeness (QED) is 0.325. The van der Waals surface area contributed by atoms with Crippen LogP contribution >= 0.6 is 0 Å². The van der Waals surface area contributed by atoms with Crippen LogP contribution in [0.3, 0.4) is 0 Å². The Balaban J connectivity index is 1.71. The summed E-state index contributed by atoms with van der Waals surface area (Å²) in [4.78, 5) is 0. The second-order valence-corrected chi connectivity index (χ2v) is 7.42. The SMILES string of the molecule is CC/C(=C(/c1ccc(OCc2ccccc2)cc1)c1cccc(O)c1)c1ccccc1. The number of phenolic OH excluding ortho intramolecular Hbond substituents is 1. The number of phenols is 1. The summed E-state index contributed by atoms with van der Waals surface area (Å²) in [5.41, 5.74) is 6.79. The van der Waals surface area contributed by atoms with E-state index in [0.717, 1.165) is 34.4 Å². The Kier molecular flexibility index (Phi) is 6.49. The zero-order valence-electron chi connectivity index (χ0n) is 17.7. The van der Waals surface area contributed by atoms with Gasteiger partial charge in [-0.25, -0.2) is 0 Å². The lowest BCUT2D eigenvalue weighted by Gasteiger charge is -2.17. The maximum atomic E-state index is 10.1. The third-order valence-corrected chi connectivity index (χ3v) is 5.30. The summed E-state index contributed by atoms with van der Waals surface area (Å²) in [6.07, 6.45) is 0.876. The highest BCUT2D eigenvalue weighted by molar-refractivity contribution is 5.98. The summed E-state index contributed by atoms with van der Waals surface area (Å²) in [5, 5.41) is 10.1. The van der Waals surface area contributed by atoms with E-state index in [2.05, 4.69) is 55.5 Å². The molecule has 0 aliphatic carbocycles. The van der Waals surface area contributed by atoms with Crippen LogP contribution < -0.4 is 4.74 Å². The molecule has 0 saturated heterocycles. The van der Waals surface area contributed by atoms with Crippen LogP contribution in [0, 0.1) is 0 Å². The van der Waals surface area contributed by atoms with Gasteiger partial charge in [0.1, 0.15) is 18.1 Å². The Morgan fingerprint density at radius 2 is 1.32 bits per heavy atom. The molecule has 1 N–H and O–H groups in total. The van der Waals surface area contributed by atoms with E-state index in [0.29, 0.717) is 6.61 Å². The lowest BCUT2D eigenvalue weighted by atomic mass is 9.88. The van der Waals surface area contributed by atoms with Gasteiger partial charge in [0.05, 0.1) is 0 Å². The normalized spacial score (nSPS) is 11.6. The molecule has 0 heterocycles. The van der Waals surface area contributed by atoms with E-state index in [1.807, 2.05) is 54.6 Å². The molecule has 154 valence electrons. The van der Waals surface area contributed by atoms with Crippen LogP contribution in [-0.4, -0.2) is 5.11 Å². The van der Waals surface area contributed by atoms with Gasteiger partial charge in [-0.1, -0.05) is 91.9 Å². The molecule has 0 bridgehead atoms. The average Bonchev–Trinajstić information content (AvgIpc) is 2.83. The van der Waals surface area contributed by atoms with Gasteiger partial charge >= 0.3 is 0 Å². The molecule has 0 aliphatic rings. The predicted molar refractivity (Wildman–Crippen MR) is 128 cm³/mol. The summed E-state index contributed by atoms with van der Waals surface area (Å²) < 4.78 is 5.97. The summed E-state index contributed by atoms with van der Waals surface area (Å²) in [6.45, 7) is 2.71. The lowest BCUT2D eigenvalue weighted by Crippen LogP contribution is -1.97. The minimum Gasteiger partial charge on any atom is -0.508 e. The Morgan fingerprint density at radius 3 is 1.97 bits per heavy atom. The highest BCUT2D eigenvalue weighted by Crippen LogP contribution is 2.36. The molecule has 2 nitrogen and oxygen atoms in total. The Morgan fingerprint density at radius 1 is 0.677 bits per heavy atom. The maximum Gasteiger partial charge on any atom is 0.119 e. The Hall–Kier alpha value is -3.78. The predicted octanol–water partition coefficient (Wildman–Crippen LogP) is 7.34. The van der Waals surface area contributed by atoms with Crippen molar-refractivity contribution in [1.82, 2.24) is 0 Å². The van der Waals surface area contributed by atoms with Gasteiger partial charge in [-0.05, 0) is 64.1 Å². The van der Waals surface area contributed by atoms with Crippen molar-refractivity contribution in [2.75, 3.05) is 0 Å². The topological polar surface area (TPSA) is 29.5 Å². The molecule has 2 heteroatoms. The molecule has 0 atom stereocenters. The van der Waals surface area contributed by atoms with Crippen LogP contribution in [0.4, 0.5) is 0 Å². The van der Waals surface area contributed by atoms with Crippen LogP contribution in [0.5, 0.6) is 11.5 Å². The van der Waals surface area contributed by atoms with E-state index in [-0.39, 0.29) is 5.75 Å². The van der Waals surface area contributed by atoms with Crippen LogP contribution in [0.1, 0.15) is 35.6 Å². The summed E-state index contributed by atoms with van der Waals surface area (Å²) in [7, 11) is 0. The Labute approximate surface area is 184 Å². The number of benzene rings is 4. The zero-order chi connectivity index (χ0) is 21.5. The molecule has 0 saturated carbocycles. The smallest absolute Gasteiger partial charge is 0.119 e. The molecular weight excluding hydrogens is 380 g/mol. The molecule has 4 rings (SSSR count). The van der Waals surface area contributed by atoms with Crippen LogP contribution in [0.2, 0.25) is 0 Å². The number of allylic oxidation sites excluding steroid dienone is 1. The van der Waals surface area contributed by atoms with Crippen molar-refractivity contribution < 1.29 is 9.84 Å². The van der Waals surface area contributed by atoms with Crippen molar-refractivity contribution in [2.45, 2.75) is 20.0 Å². The average molecular weight is 407 g/mol. The van der Waals surface area contributed by atoms with Gasteiger partial charge in [0.2, 0.25) is 0 Å². The van der Waals surface area contributed by atoms with Crippen molar-refractivity contribution in [3.8, 4) is 11.5 Å². The highest BCUT2D eigenvalue weighted by Gasteiger charge is 2.13. The largest absolute Gasteiger partial charge is 0.508 e. The summed E-state index contributed by atoms with van der Waals surface area (Å²) >= 11 is 0. The van der Waals surface area contributed by atoms with Gasteiger partial charge in [-0.15, -0.1) is 0 Å². The summed E-state index contributed by atoms with van der Waals surface area (Å²) in [5.74, 6) is 1.10. The van der Waals surface area contributed by atoms with Gasteiger partial charge in [0.25, 0.3) is 0 Å². The number of hydrogen-bond acceptors (Lipinski definition) is 2. The third-order valence-electron chi connectivity index (χ3n) is 5.30. The van der Waals surface area contributed by atoms with E-state index >= 15 is 0 Å². The minimum atomic E-state index is 0.265. The molecule has 0 radical (unpaired) electrons. The van der Waals surface area contributed by atoms with E-state index in [9.17, 15) is 5.11 Å². The van der Waals surface area contributed by atoms with E-state index in [1.54, 1.807) is 6.07 Å². The van der Waals surface area contributed by atoms with Gasteiger partial charge in [0, 0.05) is 0 Å². The van der Waals surface area contributed by atoms with Crippen molar-refractivity contribution >= 4 is 11.1 Å². The molecule has 0 unspecified atom stereocenters. The molecule has 4 aromatic carbocycles. The minimum absolute atomic E-state index is 0.265. The van der Waals surface area contributed by atoms with Gasteiger partial charge < -0.3 is 9.84 Å². The second kappa shape index (κ2) is 9.82. The molecule has 31 heavy (non-hydrogen) atoms. The monoisotopic (exact) mass is 406 g/mol.